The molecule has 1 saturated heterocycles. The van der Waals surface area contributed by atoms with Crippen LogP contribution in [-0.4, -0.2) is 47.9 Å². The Balaban J connectivity index is 1.50. The maximum Gasteiger partial charge on any atom is 0.253 e. The minimum atomic E-state index is 0.177. The molecule has 0 radical (unpaired) electrons. The van der Waals surface area contributed by atoms with Gasteiger partial charge in [-0.1, -0.05) is 30.3 Å². The van der Waals surface area contributed by atoms with Crippen LogP contribution in [0.2, 0.25) is 0 Å². The first-order valence-electron chi connectivity index (χ1n) is 7.83. The third-order valence-electron chi connectivity index (χ3n) is 4.66. The fourth-order valence-electron chi connectivity index (χ4n) is 3.23. The molecule has 1 saturated carbocycles. The van der Waals surface area contributed by atoms with E-state index in [1.54, 1.807) is 0 Å². The number of carbonyl (C=O) groups excluding carboxylic acids is 1. The van der Waals surface area contributed by atoms with Crippen molar-refractivity contribution in [3.05, 3.63) is 48.0 Å². The molecule has 0 spiro atoms. The summed E-state index contributed by atoms with van der Waals surface area (Å²) in [5, 5.41) is 2.33. The van der Waals surface area contributed by atoms with Crippen molar-refractivity contribution >= 4 is 16.7 Å². The first-order valence-corrected chi connectivity index (χ1v) is 7.83. The number of benzene rings is 2. The lowest BCUT2D eigenvalue weighted by atomic mass is 10.1. The second-order valence-corrected chi connectivity index (χ2v) is 6.12. The van der Waals surface area contributed by atoms with Crippen molar-refractivity contribution in [2.45, 2.75) is 18.9 Å². The van der Waals surface area contributed by atoms with Gasteiger partial charge in [-0.05, 0) is 35.7 Å². The SMILES string of the molecule is O=C(c1ccc2ccccc2c1)N1CCN(C2CC2)CC1. The molecule has 21 heavy (non-hydrogen) atoms. The van der Waals surface area contributed by atoms with E-state index in [0.29, 0.717) is 0 Å². The van der Waals surface area contributed by atoms with Crippen molar-refractivity contribution in [1.29, 1.82) is 0 Å². The van der Waals surface area contributed by atoms with Gasteiger partial charge in [0.25, 0.3) is 5.91 Å². The molecule has 0 N–H and O–H groups in total. The smallest absolute Gasteiger partial charge is 0.253 e. The van der Waals surface area contributed by atoms with Gasteiger partial charge in [-0.25, -0.2) is 0 Å². The van der Waals surface area contributed by atoms with Crippen LogP contribution in [0.15, 0.2) is 42.5 Å². The molecule has 2 aromatic rings. The standard InChI is InChI=1S/C18H20N2O/c21-18(20-11-9-19(10-12-20)17-7-8-17)16-6-5-14-3-1-2-4-15(14)13-16/h1-6,13,17H,7-12H2. The Labute approximate surface area is 125 Å². The summed E-state index contributed by atoms with van der Waals surface area (Å²) in [6.07, 6.45) is 2.69. The lowest BCUT2D eigenvalue weighted by Gasteiger charge is -2.34. The van der Waals surface area contributed by atoms with Crippen molar-refractivity contribution in [3.63, 3.8) is 0 Å². The number of hydrogen-bond acceptors (Lipinski definition) is 2. The van der Waals surface area contributed by atoms with Gasteiger partial charge in [0.15, 0.2) is 0 Å². The second-order valence-electron chi connectivity index (χ2n) is 6.12. The van der Waals surface area contributed by atoms with E-state index in [-0.39, 0.29) is 5.91 Å². The van der Waals surface area contributed by atoms with Crippen LogP contribution in [0, 0.1) is 0 Å². The van der Waals surface area contributed by atoms with Crippen LogP contribution in [0.4, 0.5) is 0 Å². The summed E-state index contributed by atoms with van der Waals surface area (Å²) in [6.45, 7) is 3.79. The number of amides is 1. The van der Waals surface area contributed by atoms with Gasteiger partial charge in [0.2, 0.25) is 0 Å². The third kappa shape index (κ3) is 2.54. The van der Waals surface area contributed by atoms with Crippen LogP contribution < -0.4 is 0 Å². The van der Waals surface area contributed by atoms with E-state index >= 15 is 0 Å². The molecule has 2 fully saturated rings. The highest BCUT2D eigenvalue weighted by Gasteiger charge is 2.32. The normalized spacial score (nSPS) is 19.9. The zero-order valence-corrected chi connectivity index (χ0v) is 12.2. The van der Waals surface area contributed by atoms with Gasteiger partial charge in [0.05, 0.1) is 0 Å². The minimum absolute atomic E-state index is 0.177. The highest BCUT2D eigenvalue weighted by molar-refractivity contribution is 5.98. The number of piperazine rings is 1. The Morgan fingerprint density at radius 3 is 2.33 bits per heavy atom. The monoisotopic (exact) mass is 280 g/mol. The quantitative estimate of drug-likeness (QED) is 0.844. The topological polar surface area (TPSA) is 23.6 Å². The Kier molecular flexibility index (Phi) is 3.15. The van der Waals surface area contributed by atoms with Gasteiger partial charge in [-0.15, -0.1) is 0 Å². The summed E-state index contributed by atoms with van der Waals surface area (Å²) in [5.74, 6) is 0.177. The number of fused-ring (bicyclic) bond motifs is 1. The first kappa shape index (κ1) is 12.8. The zero-order chi connectivity index (χ0) is 14.2. The van der Waals surface area contributed by atoms with Crippen molar-refractivity contribution in [2.75, 3.05) is 26.2 Å². The molecule has 1 heterocycles. The van der Waals surface area contributed by atoms with Crippen molar-refractivity contribution in [3.8, 4) is 0 Å². The Morgan fingerprint density at radius 2 is 1.62 bits per heavy atom. The lowest BCUT2D eigenvalue weighted by molar-refractivity contribution is 0.0627. The molecule has 3 heteroatoms. The van der Waals surface area contributed by atoms with E-state index in [1.807, 2.05) is 35.2 Å². The van der Waals surface area contributed by atoms with Crippen molar-refractivity contribution < 1.29 is 4.79 Å². The summed E-state index contributed by atoms with van der Waals surface area (Å²) >= 11 is 0. The van der Waals surface area contributed by atoms with Gasteiger partial charge >= 0.3 is 0 Å². The minimum Gasteiger partial charge on any atom is -0.336 e. The maximum absolute atomic E-state index is 12.6. The average Bonchev–Trinajstić information content (AvgIpc) is 3.39. The van der Waals surface area contributed by atoms with E-state index in [4.69, 9.17) is 0 Å². The Bertz CT molecular complexity index is 670. The zero-order valence-electron chi connectivity index (χ0n) is 12.2. The molecule has 0 unspecified atom stereocenters. The molecule has 3 nitrogen and oxygen atoms in total. The first-order chi connectivity index (χ1) is 10.3. The Morgan fingerprint density at radius 1 is 0.905 bits per heavy atom. The van der Waals surface area contributed by atoms with Gasteiger partial charge in [-0.2, -0.15) is 0 Å². The fourth-order valence-corrected chi connectivity index (χ4v) is 3.23. The molecule has 1 aliphatic carbocycles. The average molecular weight is 280 g/mol. The molecule has 2 aliphatic rings. The lowest BCUT2D eigenvalue weighted by Crippen LogP contribution is -2.49. The van der Waals surface area contributed by atoms with E-state index in [1.165, 1.54) is 18.2 Å². The van der Waals surface area contributed by atoms with E-state index in [0.717, 1.165) is 43.2 Å². The molecule has 108 valence electrons. The van der Waals surface area contributed by atoms with Crippen LogP contribution in [0.5, 0.6) is 0 Å². The predicted molar refractivity (Wildman–Crippen MR) is 84.4 cm³/mol. The predicted octanol–water partition coefficient (Wildman–Crippen LogP) is 2.76. The van der Waals surface area contributed by atoms with E-state index < -0.39 is 0 Å². The van der Waals surface area contributed by atoms with Gasteiger partial charge in [0, 0.05) is 37.8 Å². The number of hydrogen-bond donors (Lipinski definition) is 0. The molecule has 1 aliphatic heterocycles. The van der Waals surface area contributed by atoms with Gasteiger partial charge in [0.1, 0.15) is 0 Å². The Hall–Kier alpha value is -1.87. The summed E-state index contributed by atoms with van der Waals surface area (Å²) in [4.78, 5) is 17.2. The van der Waals surface area contributed by atoms with Crippen molar-refractivity contribution in [2.24, 2.45) is 0 Å². The molecule has 1 amide bonds. The van der Waals surface area contributed by atoms with Gasteiger partial charge < -0.3 is 4.90 Å². The van der Waals surface area contributed by atoms with Crippen LogP contribution in [0.3, 0.4) is 0 Å². The summed E-state index contributed by atoms with van der Waals surface area (Å²) in [7, 11) is 0. The number of rotatable bonds is 2. The second kappa shape index (κ2) is 5.15. The van der Waals surface area contributed by atoms with Crippen LogP contribution >= 0.6 is 0 Å². The van der Waals surface area contributed by atoms with Crippen LogP contribution in [-0.2, 0) is 0 Å². The van der Waals surface area contributed by atoms with E-state index in [9.17, 15) is 4.79 Å². The largest absolute Gasteiger partial charge is 0.336 e. The summed E-state index contributed by atoms with van der Waals surface area (Å²) < 4.78 is 0. The highest BCUT2D eigenvalue weighted by atomic mass is 16.2. The molecule has 0 aromatic heterocycles. The summed E-state index contributed by atoms with van der Waals surface area (Å²) in [5.41, 5.74) is 0.813. The third-order valence-corrected chi connectivity index (χ3v) is 4.66. The van der Waals surface area contributed by atoms with E-state index in [2.05, 4.69) is 17.0 Å². The van der Waals surface area contributed by atoms with Crippen LogP contribution in [0.1, 0.15) is 23.2 Å². The molecule has 4 rings (SSSR count). The molecule has 0 atom stereocenters. The molecular formula is C18H20N2O. The van der Waals surface area contributed by atoms with Gasteiger partial charge in [-0.3, -0.25) is 9.69 Å². The number of nitrogens with zero attached hydrogens (tertiary/aromatic N) is 2. The molecule has 2 aromatic carbocycles. The summed E-state index contributed by atoms with van der Waals surface area (Å²) in [6, 6.07) is 15.0. The highest BCUT2D eigenvalue weighted by Crippen LogP contribution is 2.27. The van der Waals surface area contributed by atoms with Crippen LogP contribution in [0.25, 0.3) is 10.8 Å². The maximum atomic E-state index is 12.6. The molecular weight excluding hydrogens is 260 g/mol. The molecule has 0 bridgehead atoms. The number of carbonyl (C=O) groups is 1. The fraction of sp³-hybridized carbons (Fsp3) is 0.389. The van der Waals surface area contributed by atoms with Crippen molar-refractivity contribution in [1.82, 2.24) is 9.80 Å².